The average Bonchev–Trinajstić information content (AvgIpc) is 2.47. The van der Waals surface area contributed by atoms with Crippen molar-refractivity contribution in [2.45, 2.75) is 18.4 Å². The van der Waals surface area contributed by atoms with E-state index in [1.54, 1.807) is 12.1 Å². The summed E-state index contributed by atoms with van der Waals surface area (Å²) in [5, 5.41) is 0. The molecule has 2 aromatic carbocycles. The Hall–Kier alpha value is -2.05. The third kappa shape index (κ3) is 3.96. The Bertz CT molecular complexity index is 697. The van der Waals surface area contributed by atoms with Gasteiger partial charge in [0.2, 0.25) is 10.0 Å². The largest absolute Gasteiger partial charge is 0.494 e. The molecule has 0 aliphatic heterocycles. The Morgan fingerprint density at radius 3 is 2.43 bits per heavy atom. The van der Waals surface area contributed by atoms with Crippen molar-refractivity contribution >= 4 is 15.7 Å². The molecule has 0 aromatic heterocycles. The maximum atomic E-state index is 12.2. The number of nitrogens with one attached hydrogen (secondary N) is 1. The van der Waals surface area contributed by atoms with Gasteiger partial charge >= 0.3 is 0 Å². The minimum atomic E-state index is -3.57. The van der Waals surface area contributed by atoms with E-state index < -0.39 is 10.0 Å². The molecule has 0 aliphatic rings. The van der Waals surface area contributed by atoms with Crippen molar-refractivity contribution in [3.8, 4) is 5.75 Å². The van der Waals surface area contributed by atoms with Crippen LogP contribution in [0, 0.1) is 0 Å². The van der Waals surface area contributed by atoms with Crippen LogP contribution in [0.25, 0.3) is 0 Å². The molecule has 0 aliphatic carbocycles. The van der Waals surface area contributed by atoms with E-state index in [1.165, 1.54) is 12.1 Å². The van der Waals surface area contributed by atoms with Gasteiger partial charge in [0.15, 0.2) is 0 Å². The third-order valence-corrected chi connectivity index (χ3v) is 4.33. The highest BCUT2D eigenvalue weighted by Gasteiger charge is 2.14. The van der Waals surface area contributed by atoms with E-state index in [-0.39, 0.29) is 11.4 Å². The Balaban J connectivity index is 2.13. The van der Waals surface area contributed by atoms with Gasteiger partial charge in [0, 0.05) is 17.8 Å². The first-order valence-corrected chi connectivity index (χ1v) is 8.07. The number of para-hydroxylation sites is 1. The Morgan fingerprint density at radius 1 is 1.10 bits per heavy atom. The highest BCUT2D eigenvalue weighted by atomic mass is 32.2. The molecule has 112 valence electrons. The lowest BCUT2D eigenvalue weighted by atomic mass is 10.2. The van der Waals surface area contributed by atoms with Crippen LogP contribution in [0.3, 0.4) is 0 Å². The average molecular weight is 306 g/mol. The predicted molar refractivity (Wildman–Crippen MR) is 82.5 cm³/mol. The summed E-state index contributed by atoms with van der Waals surface area (Å²) >= 11 is 0. The summed E-state index contributed by atoms with van der Waals surface area (Å²) in [7, 11) is -3.57. The minimum absolute atomic E-state index is 0.170. The minimum Gasteiger partial charge on any atom is -0.494 e. The molecule has 6 heteroatoms. The zero-order valence-electron chi connectivity index (χ0n) is 11.7. The maximum absolute atomic E-state index is 12.2. The van der Waals surface area contributed by atoms with Gasteiger partial charge in [-0.05, 0) is 37.3 Å². The van der Waals surface area contributed by atoms with Crippen LogP contribution >= 0.6 is 0 Å². The molecule has 0 unspecified atom stereocenters. The number of benzene rings is 2. The van der Waals surface area contributed by atoms with Crippen molar-refractivity contribution in [1.29, 1.82) is 0 Å². The molecule has 2 aromatic rings. The number of rotatable bonds is 6. The first-order valence-electron chi connectivity index (χ1n) is 6.59. The highest BCUT2D eigenvalue weighted by Crippen LogP contribution is 2.19. The van der Waals surface area contributed by atoms with Crippen molar-refractivity contribution in [2.24, 2.45) is 0 Å². The Morgan fingerprint density at radius 2 is 1.76 bits per heavy atom. The van der Waals surface area contributed by atoms with Crippen LogP contribution in [0.4, 0.5) is 5.69 Å². The van der Waals surface area contributed by atoms with Gasteiger partial charge in [-0.1, -0.05) is 18.2 Å². The molecule has 0 atom stereocenters. The molecule has 0 saturated carbocycles. The van der Waals surface area contributed by atoms with E-state index in [1.807, 2.05) is 31.2 Å². The second-order valence-electron chi connectivity index (χ2n) is 4.43. The number of hydrogen-bond donors (Lipinski definition) is 2. The quantitative estimate of drug-likeness (QED) is 0.801. The van der Waals surface area contributed by atoms with E-state index in [2.05, 4.69) is 4.72 Å². The normalized spacial score (nSPS) is 11.3. The number of hydrogen-bond acceptors (Lipinski definition) is 4. The molecular weight excluding hydrogens is 288 g/mol. The lowest BCUT2D eigenvalue weighted by molar-refractivity contribution is 0.336. The number of sulfonamides is 1. The van der Waals surface area contributed by atoms with Gasteiger partial charge in [0.25, 0.3) is 0 Å². The first kappa shape index (κ1) is 15.3. The topological polar surface area (TPSA) is 81.4 Å². The fraction of sp³-hybridized carbons (Fsp3) is 0.200. The van der Waals surface area contributed by atoms with Crippen LogP contribution in [0.15, 0.2) is 53.4 Å². The SMILES string of the molecule is CCOc1ccccc1CNS(=O)(=O)c1ccc(N)cc1. The van der Waals surface area contributed by atoms with Gasteiger partial charge in [0.1, 0.15) is 5.75 Å². The van der Waals surface area contributed by atoms with Crippen molar-refractivity contribution < 1.29 is 13.2 Å². The molecule has 5 nitrogen and oxygen atoms in total. The van der Waals surface area contributed by atoms with E-state index in [0.29, 0.717) is 18.0 Å². The van der Waals surface area contributed by atoms with Crippen LogP contribution in [0.5, 0.6) is 5.75 Å². The molecule has 0 amide bonds. The Labute approximate surface area is 124 Å². The summed E-state index contributed by atoms with van der Waals surface area (Å²) in [5.41, 5.74) is 6.87. The van der Waals surface area contributed by atoms with Crippen LogP contribution in [-0.4, -0.2) is 15.0 Å². The molecule has 0 spiro atoms. The van der Waals surface area contributed by atoms with Gasteiger partial charge in [0.05, 0.1) is 11.5 Å². The van der Waals surface area contributed by atoms with Gasteiger partial charge in [-0.25, -0.2) is 13.1 Å². The van der Waals surface area contributed by atoms with Crippen molar-refractivity contribution in [3.63, 3.8) is 0 Å². The van der Waals surface area contributed by atoms with Crippen molar-refractivity contribution in [1.82, 2.24) is 4.72 Å². The lowest BCUT2D eigenvalue weighted by Gasteiger charge is -2.11. The molecule has 21 heavy (non-hydrogen) atoms. The van der Waals surface area contributed by atoms with Crippen LogP contribution in [0.1, 0.15) is 12.5 Å². The molecule has 0 fully saturated rings. The van der Waals surface area contributed by atoms with E-state index in [4.69, 9.17) is 10.5 Å². The van der Waals surface area contributed by atoms with Crippen molar-refractivity contribution in [3.05, 3.63) is 54.1 Å². The highest BCUT2D eigenvalue weighted by molar-refractivity contribution is 7.89. The van der Waals surface area contributed by atoms with E-state index in [0.717, 1.165) is 5.56 Å². The second kappa shape index (κ2) is 6.60. The Kier molecular flexibility index (Phi) is 4.82. The third-order valence-electron chi connectivity index (χ3n) is 2.92. The molecule has 0 bridgehead atoms. The van der Waals surface area contributed by atoms with Crippen molar-refractivity contribution in [2.75, 3.05) is 12.3 Å². The fourth-order valence-corrected chi connectivity index (χ4v) is 2.86. The second-order valence-corrected chi connectivity index (χ2v) is 6.20. The van der Waals surface area contributed by atoms with Crippen LogP contribution in [-0.2, 0) is 16.6 Å². The molecule has 0 heterocycles. The number of anilines is 1. The number of ether oxygens (including phenoxy) is 1. The van der Waals surface area contributed by atoms with Gasteiger partial charge in [-0.3, -0.25) is 0 Å². The summed E-state index contributed by atoms with van der Waals surface area (Å²) in [6.45, 7) is 2.58. The summed E-state index contributed by atoms with van der Waals surface area (Å²) in [6.07, 6.45) is 0. The van der Waals surface area contributed by atoms with E-state index in [9.17, 15) is 8.42 Å². The zero-order chi connectivity index (χ0) is 15.3. The molecule has 0 saturated heterocycles. The smallest absolute Gasteiger partial charge is 0.240 e. The maximum Gasteiger partial charge on any atom is 0.240 e. The monoisotopic (exact) mass is 306 g/mol. The van der Waals surface area contributed by atoms with Gasteiger partial charge in [-0.2, -0.15) is 0 Å². The standard InChI is InChI=1S/C15H18N2O3S/c1-2-20-15-6-4-3-5-12(15)11-17-21(18,19)14-9-7-13(16)8-10-14/h3-10,17H,2,11,16H2,1H3. The van der Waals surface area contributed by atoms with Gasteiger partial charge in [-0.15, -0.1) is 0 Å². The first-order chi connectivity index (χ1) is 10.0. The number of nitrogen functional groups attached to an aromatic ring is 1. The fourth-order valence-electron chi connectivity index (χ4n) is 1.85. The summed E-state index contributed by atoms with van der Waals surface area (Å²) in [6, 6.07) is 13.4. The molecular formula is C15H18N2O3S. The summed E-state index contributed by atoms with van der Waals surface area (Å²) in [4.78, 5) is 0.186. The zero-order valence-corrected chi connectivity index (χ0v) is 12.6. The lowest BCUT2D eigenvalue weighted by Crippen LogP contribution is -2.23. The number of nitrogens with two attached hydrogens (primary N) is 1. The predicted octanol–water partition coefficient (Wildman–Crippen LogP) is 2.15. The summed E-state index contributed by atoms with van der Waals surface area (Å²) in [5.74, 6) is 0.681. The van der Waals surface area contributed by atoms with Crippen LogP contribution < -0.4 is 15.2 Å². The van der Waals surface area contributed by atoms with Gasteiger partial charge < -0.3 is 10.5 Å². The summed E-state index contributed by atoms with van der Waals surface area (Å²) < 4.78 is 32.4. The van der Waals surface area contributed by atoms with Crippen LogP contribution in [0.2, 0.25) is 0 Å². The van der Waals surface area contributed by atoms with E-state index >= 15 is 0 Å². The molecule has 2 rings (SSSR count). The molecule has 3 N–H and O–H groups in total. The molecule has 0 radical (unpaired) electrons.